The van der Waals surface area contributed by atoms with E-state index in [1.54, 1.807) is 6.92 Å². The van der Waals surface area contributed by atoms with Gasteiger partial charge in [0.15, 0.2) is 6.29 Å². The number of anilines is 1. The predicted octanol–water partition coefficient (Wildman–Crippen LogP) is 1.64. The molecule has 100 valence electrons. The van der Waals surface area contributed by atoms with Gasteiger partial charge in [-0.15, -0.1) is 0 Å². The summed E-state index contributed by atoms with van der Waals surface area (Å²) in [5.41, 5.74) is 0.356. The van der Waals surface area contributed by atoms with Gasteiger partial charge in [0.2, 0.25) is 0 Å². The Bertz CT molecular complexity index is 423. The summed E-state index contributed by atoms with van der Waals surface area (Å²) in [4.78, 5) is 23.4. The zero-order chi connectivity index (χ0) is 13.7. The maximum absolute atomic E-state index is 11.0. The van der Waals surface area contributed by atoms with E-state index in [4.69, 9.17) is 11.6 Å². The number of aldehydes is 1. The molecule has 0 saturated carbocycles. The first kappa shape index (κ1) is 14.9. The molecule has 0 bridgehead atoms. The molecule has 0 radical (unpaired) electrons. The average molecular weight is 271 g/mol. The van der Waals surface area contributed by atoms with Crippen molar-refractivity contribution in [2.24, 2.45) is 0 Å². The highest BCUT2D eigenvalue weighted by molar-refractivity contribution is 6.32. The van der Waals surface area contributed by atoms with Gasteiger partial charge in [-0.05, 0) is 34.0 Å². The van der Waals surface area contributed by atoms with Gasteiger partial charge in [-0.25, -0.2) is 9.97 Å². The molecule has 6 heteroatoms. The third-order valence-corrected chi connectivity index (χ3v) is 2.86. The second-order valence-corrected chi connectivity index (χ2v) is 4.85. The van der Waals surface area contributed by atoms with E-state index in [1.807, 2.05) is 26.0 Å². The Labute approximate surface area is 113 Å². The van der Waals surface area contributed by atoms with Gasteiger partial charge in [-0.2, -0.15) is 0 Å². The van der Waals surface area contributed by atoms with Crippen molar-refractivity contribution in [2.75, 3.05) is 39.1 Å². The predicted molar refractivity (Wildman–Crippen MR) is 73.6 cm³/mol. The van der Waals surface area contributed by atoms with Crippen molar-refractivity contribution in [2.45, 2.75) is 13.3 Å². The lowest BCUT2D eigenvalue weighted by Crippen LogP contribution is -2.25. The molecule has 5 nitrogen and oxygen atoms in total. The molecule has 0 spiro atoms. The maximum atomic E-state index is 11.0. The smallest absolute Gasteiger partial charge is 0.156 e. The molecule has 0 aliphatic carbocycles. The number of carbonyl (C=O) groups excluding carboxylic acids is 1. The highest BCUT2D eigenvalue weighted by Gasteiger charge is 2.14. The van der Waals surface area contributed by atoms with Crippen LogP contribution in [0.3, 0.4) is 0 Å². The minimum atomic E-state index is 0.215. The van der Waals surface area contributed by atoms with Gasteiger partial charge in [0.05, 0.1) is 5.56 Å². The number of carbonyl (C=O) groups is 1. The quantitative estimate of drug-likeness (QED) is 0.581. The SMILES string of the molecule is Cc1nc(Cl)c(C=O)c(N(C)CCCN(C)C)n1. The second-order valence-electron chi connectivity index (χ2n) is 4.50. The van der Waals surface area contributed by atoms with Crippen molar-refractivity contribution >= 4 is 23.7 Å². The van der Waals surface area contributed by atoms with E-state index in [2.05, 4.69) is 14.9 Å². The monoisotopic (exact) mass is 270 g/mol. The number of halogens is 1. The van der Waals surface area contributed by atoms with Crippen LogP contribution in [0, 0.1) is 6.92 Å². The molecule has 0 aliphatic heterocycles. The summed E-state index contributed by atoms with van der Waals surface area (Å²) in [6, 6.07) is 0. The van der Waals surface area contributed by atoms with Gasteiger partial charge in [-0.1, -0.05) is 11.6 Å². The number of aromatic nitrogens is 2. The number of nitrogens with zero attached hydrogens (tertiary/aromatic N) is 4. The molecule has 1 aromatic rings. The molecule has 0 atom stereocenters. The van der Waals surface area contributed by atoms with Crippen LogP contribution >= 0.6 is 11.6 Å². The van der Waals surface area contributed by atoms with Gasteiger partial charge in [0.1, 0.15) is 16.8 Å². The Morgan fingerprint density at radius 1 is 1.22 bits per heavy atom. The van der Waals surface area contributed by atoms with Gasteiger partial charge in [0, 0.05) is 13.6 Å². The Morgan fingerprint density at radius 2 is 1.89 bits per heavy atom. The van der Waals surface area contributed by atoms with E-state index >= 15 is 0 Å². The summed E-state index contributed by atoms with van der Waals surface area (Å²) in [6.45, 7) is 3.56. The number of hydrogen-bond donors (Lipinski definition) is 0. The second kappa shape index (κ2) is 6.66. The Hall–Kier alpha value is -1.20. The van der Waals surface area contributed by atoms with Crippen molar-refractivity contribution in [1.29, 1.82) is 0 Å². The van der Waals surface area contributed by atoms with Crippen LogP contribution in [0.15, 0.2) is 0 Å². The lowest BCUT2D eigenvalue weighted by Gasteiger charge is -2.21. The number of aryl methyl sites for hydroxylation is 1. The third-order valence-electron chi connectivity index (χ3n) is 2.57. The number of hydrogen-bond acceptors (Lipinski definition) is 5. The van der Waals surface area contributed by atoms with Crippen molar-refractivity contribution in [1.82, 2.24) is 14.9 Å². The van der Waals surface area contributed by atoms with Crippen LogP contribution in [0.1, 0.15) is 22.6 Å². The lowest BCUT2D eigenvalue weighted by atomic mass is 10.3. The fourth-order valence-corrected chi connectivity index (χ4v) is 1.91. The van der Waals surface area contributed by atoms with Crippen LogP contribution in [-0.4, -0.2) is 55.4 Å². The fraction of sp³-hybridized carbons (Fsp3) is 0.583. The summed E-state index contributed by atoms with van der Waals surface area (Å²) in [5, 5.41) is 0.215. The molecular formula is C12H19ClN4O. The molecule has 0 aliphatic rings. The van der Waals surface area contributed by atoms with Crippen LogP contribution < -0.4 is 4.90 Å². The summed E-state index contributed by atoms with van der Waals surface area (Å²) in [5.74, 6) is 1.17. The van der Waals surface area contributed by atoms with E-state index < -0.39 is 0 Å². The van der Waals surface area contributed by atoms with E-state index in [9.17, 15) is 4.79 Å². The van der Waals surface area contributed by atoms with Gasteiger partial charge < -0.3 is 9.80 Å². The van der Waals surface area contributed by atoms with E-state index in [-0.39, 0.29) is 5.15 Å². The lowest BCUT2D eigenvalue weighted by molar-refractivity contribution is 0.112. The van der Waals surface area contributed by atoms with Crippen LogP contribution in [0.2, 0.25) is 5.15 Å². The topological polar surface area (TPSA) is 49.3 Å². The van der Waals surface area contributed by atoms with Crippen LogP contribution in [0.4, 0.5) is 5.82 Å². The molecule has 0 amide bonds. The van der Waals surface area contributed by atoms with Crippen molar-refractivity contribution in [3.05, 3.63) is 16.5 Å². The zero-order valence-electron chi connectivity index (χ0n) is 11.3. The van der Waals surface area contributed by atoms with E-state index in [1.165, 1.54) is 0 Å². The first-order valence-corrected chi connectivity index (χ1v) is 6.18. The van der Waals surface area contributed by atoms with Crippen molar-refractivity contribution in [3.63, 3.8) is 0 Å². The molecule has 1 heterocycles. The normalized spacial score (nSPS) is 10.8. The molecule has 0 fully saturated rings. The molecule has 0 N–H and O–H groups in total. The summed E-state index contributed by atoms with van der Waals surface area (Å²) >= 11 is 5.95. The third kappa shape index (κ3) is 3.92. The number of rotatable bonds is 6. The average Bonchev–Trinajstić information content (AvgIpc) is 2.27. The van der Waals surface area contributed by atoms with Crippen molar-refractivity contribution < 1.29 is 4.79 Å². The Balaban J connectivity index is 2.84. The minimum Gasteiger partial charge on any atom is -0.359 e. The molecule has 0 aromatic carbocycles. The van der Waals surface area contributed by atoms with Gasteiger partial charge in [-0.3, -0.25) is 4.79 Å². The Morgan fingerprint density at radius 3 is 2.44 bits per heavy atom. The van der Waals surface area contributed by atoms with Crippen molar-refractivity contribution in [3.8, 4) is 0 Å². The standard InChI is InChI=1S/C12H19ClN4O/c1-9-14-11(13)10(8-18)12(15-9)17(4)7-5-6-16(2)3/h8H,5-7H2,1-4H3. The van der Waals surface area contributed by atoms with E-state index in [0.717, 1.165) is 19.5 Å². The van der Waals surface area contributed by atoms with Crippen LogP contribution in [0.25, 0.3) is 0 Å². The highest BCUT2D eigenvalue weighted by atomic mass is 35.5. The largest absolute Gasteiger partial charge is 0.359 e. The molecule has 18 heavy (non-hydrogen) atoms. The first-order valence-electron chi connectivity index (χ1n) is 5.81. The summed E-state index contributed by atoms with van der Waals surface area (Å²) < 4.78 is 0. The van der Waals surface area contributed by atoms with Crippen LogP contribution in [0.5, 0.6) is 0 Å². The summed E-state index contributed by atoms with van der Waals surface area (Å²) in [6.07, 6.45) is 1.70. The molecule has 0 unspecified atom stereocenters. The fourth-order valence-electron chi connectivity index (χ4n) is 1.66. The minimum absolute atomic E-state index is 0.215. The molecule has 0 saturated heterocycles. The maximum Gasteiger partial charge on any atom is 0.156 e. The Kier molecular flexibility index (Phi) is 5.50. The molecule has 1 aromatic heterocycles. The molecule has 1 rings (SSSR count). The van der Waals surface area contributed by atoms with E-state index in [0.29, 0.717) is 23.5 Å². The first-order chi connectivity index (χ1) is 8.45. The highest BCUT2D eigenvalue weighted by Crippen LogP contribution is 2.21. The van der Waals surface area contributed by atoms with Crippen LogP contribution in [-0.2, 0) is 0 Å². The van der Waals surface area contributed by atoms with Gasteiger partial charge in [0.25, 0.3) is 0 Å². The molecular weight excluding hydrogens is 252 g/mol. The zero-order valence-corrected chi connectivity index (χ0v) is 12.0. The summed E-state index contributed by atoms with van der Waals surface area (Å²) in [7, 11) is 5.96. The van der Waals surface area contributed by atoms with Gasteiger partial charge >= 0.3 is 0 Å².